The minimum atomic E-state index is -1.24. The Kier molecular flexibility index (Phi) is 6.65. The van der Waals surface area contributed by atoms with Crippen LogP contribution in [0.3, 0.4) is 0 Å². The van der Waals surface area contributed by atoms with Crippen LogP contribution < -0.4 is 10.6 Å². The van der Waals surface area contributed by atoms with Crippen molar-refractivity contribution in [3.63, 3.8) is 0 Å². The number of rotatable bonds is 9. The summed E-state index contributed by atoms with van der Waals surface area (Å²) in [4.78, 5) is 36.7. The smallest absolute Gasteiger partial charge is 0.407 e. The summed E-state index contributed by atoms with van der Waals surface area (Å²) in [6.45, 7) is 0.415. The Morgan fingerprint density at radius 2 is 1.67 bits per heavy atom. The number of amides is 2. The third-order valence-electron chi connectivity index (χ3n) is 6.45. The number of alkyl carbamates (subject to hydrolysis) is 1. The van der Waals surface area contributed by atoms with Gasteiger partial charge in [0.2, 0.25) is 5.91 Å². The predicted molar refractivity (Wildman–Crippen MR) is 121 cm³/mol. The van der Waals surface area contributed by atoms with Crippen molar-refractivity contribution < 1.29 is 29.0 Å². The van der Waals surface area contributed by atoms with E-state index in [-0.39, 0.29) is 12.5 Å². The molecule has 0 heterocycles. The number of benzene rings is 2. The van der Waals surface area contributed by atoms with Crippen LogP contribution in [0.2, 0.25) is 0 Å². The van der Waals surface area contributed by atoms with Crippen LogP contribution in [0.4, 0.5) is 4.79 Å². The minimum Gasteiger partial charge on any atom is -0.481 e. The van der Waals surface area contributed by atoms with E-state index in [0.29, 0.717) is 6.61 Å². The van der Waals surface area contributed by atoms with Gasteiger partial charge in [0, 0.05) is 13.0 Å². The molecule has 0 aliphatic heterocycles. The van der Waals surface area contributed by atoms with Crippen LogP contribution in [-0.2, 0) is 19.1 Å². The van der Waals surface area contributed by atoms with Crippen molar-refractivity contribution in [3.05, 3.63) is 59.7 Å². The number of fused-ring (bicyclic) bond motifs is 3. The van der Waals surface area contributed by atoms with Crippen molar-refractivity contribution in [1.82, 2.24) is 10.6 Å². The Balaban J connectivity index is 1.41. The molecule has 174 valence electrons. The maximum absolute atomic E-state index is 12.8. The second-order valence-corrected chi connectivity index (χ2v) is 8.68. The molecule has 2 aromatic rings. The van der Waals surface area contributed by atoms with E-state index in [1.54, 1.807) is 7.11 Å². The summed E-state index contributed by atoms with van der Waals surface area (Å²) in [5.41, 5.74) is 3.84. The zero-order chi connectivity index (χ0) is 23.4. The molecular formula is C25H28N2O6. The van der Waals surface area contributed by atoms with Crippen LogP contribution in [0.1, 0.15) is 42.7 Å². The molecule has 1 atom stereocenters. The van der Waals surface area contributed by atoms with Gasteiger partial charge in [0.05, 0.1) is 18.6 Å². The number of carbonyl (C=O) groups excluding carboxylic acids is 2. The van der Waals surface area contributed by atoms with E-state index in [0.717, 1.165) is 41.5 Å². The summed E-state index contributed by atoms with van der Waals surface area (Å²) in [7, 11) is 1.55. The number of methoxy groups -OCH3 is 1. The molecule has 33 heavy (non-hydrogen) atoms. The van der Waals surface area contributed by atoms with Crippen molar-refractivity contribution in [3.8, 4) is 11.1 Å². The van der Waals surface area contributed by atoms with Crippen molar-refractivity contribution in [2.75, 3.05) is 20.3 Å². The number of ether oxygens (including phenoxy) is 2. The van der Waals surface area contributed by atoms with Crippen LogP contribution in [0.15, 0.2) is 48.5 Å². The largest absolute Gasteiger partial charge is 0.481 e. The predicted octanol–water partition coefficient (Wildman–Crippen LogP) is 3.05. The third kappa shape index (κ3) is 4.85. The molecule has 1 saturated carbocycles. The van der Waals surface area contributed by atoms with Gasteiger partial charge in [-0.2, -0.15) is 0 Å². The lowest BCUT2D eigenvalue weighted by molar-refractivity contribution is -0.140. The first-order valence-corrected chi connectivity index (χ1v) is 11.1. The SMILES string of the molecule is COCC1(NC(=O)C(CC(=O)O)NC(=O)OCC2c3ccccc3-c3ccccc32)CCC1. The maximum atomic E-state index is 12.8. The highest BCUT2D eigenvalue weighted by atomic mass is 16.5. The number of nitrogens with one attached hydrogen (secondary N) is 2. The highest BCUT2D eigenvalue weighted by Crippen LogP contribution is 2.44. The number of aliphatic carboxylic acids is 1. The van der Waals surface area contributed by atoms with Gasteiger partial charge in [0.1, 0.15) is 12.6 Å². The molecule has 3 N–H and O–H groups in total. The maximum Gasteiger partial charge on any atom is 0.407 e. The van der Waals surface area contributed by atoms with Gasteiger partial charge < -0.3 is 25.2 Å². The molecule has 0 spiro atoms. The average Bonchev–Trinajstić information content (AvgIpc) is 3.09. The number of hydrogen-bond donors (Lipinski definition) is 3. The lowest BCUT2D eigenvalue weighted by Gasteiger charge is -2.42. The highest BCUT2D eigenvalue weighted by molar-refractivity contribution is 5.89. The van der Waals surface area contributed by atoms with E-state index in [1.807, 2.05) is 48.5 Å². The second-order valence-electron chi connectivity index (χ2n) is 8.68. The van der Waals surface area contributed by atoms with Crippen LogP contribution in [0.5, 0.6) is 0 Å². The van der Waals surface area contributed by atoms with Gasteiger partial charge in [-0.05, 0) is 41.5 Å². The Bertz CT molecular complexity index is 1000. The monoisotopic (exact) mass is 452 g/mol. The standard InChI is InChI=1S/C25H28N2O6/c1-32-15-25(11-6-12-25)27-23(30)21(13-22(28)29)26-24(31)33-14-20-18-9-4-2-7-16(18)17-8-3-5-10-19(17)20/h2-5,7-10,20-21H,6,11-15H2,1H3,(H,26,31)(H,27,30)(H,28,29). The summed E-state index contributed by atoms with van der Waals surface area (Å²) in [6, 6.07) is 14.7. The first-order valence-electron chi connectivity index (χ1n) is 11.1. The fourth-order valence-electron chi connectivity index (χ4n) is 4.70. The van der Waals surface area contributed by atoms with Crippen molar-refractivity contribution in [2.45, 2.75) is 43.2 Å². The summed E-state index contributed by atoms with van der Waals surface area (Å²) < 4.78 is 10.7. The molecule has 1 fully saturated rings. The van der Waals surface area contributed by atoms with E-state index in [1.165, 1.54) is 0 Å². The van der Waals surface area contributed by atoms with Gasteiger partial charge >= 0.3 is 12.1 Å². The quantitative estimate of drug-likeness (QED) is 0.539. The van der Waals surface area contributed by atoms with Gasteiger partial charge in [0.25, 0.3) is 0 Å². The number of carboxylic acids is 1. The van der Waals surface area contributed by atoms with Gasteiger partial charge in [-0.25, -0.2) is 4.79 Å². The van der Waals surface area contributed by atoms with Crippen molar-refractivity contribution in [2.24, 2.45) is 0 Å². The summed E-state index contributed by atoms with van der Waals surface area (Å²) in [6.07, 6.45) is 1.08. The molecule has 2 amide bonds. The lowest BCUT2D eigenvalue weighted by atomic mass is 9.77. The van der Waals surface area contributed by atoms with Gasteiger partial charge in [-0.3, -0.25) is 9.59 Å². The molecule has 4 rings (SSSR count). The normalized spacial score (nSPS) is 16.6. The Morgan fingerprint density at radius 1 is 1.06 bits per heavy atom. The Morgan fingerprint density at radius 3 is 2.18 bits per heavy atom. The fourth-order valence-corrected chi connectivity index (χ4v) is 4.70. The average molecular weight is 453 g/mol. The summed E-state index contributed by atoms with van der Waals surface area (Å²) in [5, 5.41) is 14.5. The van der Waals surface area contributed by atoms with Crippen molar-refractivity contribution in [1.29, 1.82) is 0 Å². The molecule has 0 bridgehead atoms. The number of carboxylic acid groups (broad SMARTS) is 1. The summed E-state index contributed by atoms with van der Waals surface area (Å²) in [5.74, 6) is -1.87. The molecule has 2 aliphatic rings. The second kappa shape index (κ2) is 9.62. The first-order chi connectivity index (χ1) is 15.9. The van der Waals surface area contributed by atoms with Crippen LogP contribution in [0, 0.1) is 0 Å². The van der Waals surface area contributed by atoms with E-state index in [2.05, 4.69) is 10.6 Å². The molecule has 1 unspecified atom stereocenters. The molecule has 2 aliphatic carbocycles. The number of hydrogen-bond acceptors (Lipinski definition) is 5. The molecule has 8 heteroatoms. The van der Waals surface area contributed by atoms with Gasteiger partial charge in [0.15, 0.2) is 0 Å². The molecule has 0 saturated heterocycles. The lowest BCUT2D eigenvalue weighted by Crippen LogP contribution is -2.61. The van der Waals surface area contributed by atoms with E-state index in [9.17, 15) is 19.5 Å². The Labute approximate surface area is 192 Å². The minimum absolute atomic E-state index is 0.0783. The topological polar surface area (TPSA) is 114 Å². The van der Waals surface area contributed by atoms with E-state index < -0.39 is 36.0 Å². The molecule has 0 aromatic heterocycles. The van der Waals surface area contributed by atoms with Crippen LogP contribution in [-0.4, -0.2) is 55.0 Å². The first kappa shape index (κ1) is 22.8. The third-order valence-corrected chi connectivity index (χ3v) is 6.45. The van der Waals surface area contributed by atoms with Gasteiger partial charge in [-0.15, -0.1) is 0 Å². The fraction of sp³-hybridized carbons (Fsp3) is 0.400. The zero-order valence-electron chi connectivity index (χ0n) is 18.5. The van der Waals surface area contributed by atoms with Crippen LogP contribution >= 0.6 is 0 Å². The summed E-state index contributed by atoms with van der Waals surface area (Å²) >= 11 is 0. The Hall–Kier alpha value is -3.39. The van der Waals surface area contributed by atoms with Gasteiger partial charge in [-0.1, -0.05) is 48.5 Å². The van der Waals surface area contributed by atoms with E-state index >= 15 is 0 Å². The molecule has 8 nitrogen and oxygen atoms in total. The molecular weight excluding hydrogens is 424 g/mol. The zero-order valence-corrected chi connectivity index (χ0v) is 18.5. The van der Waals surface area contributed by atoms with Crippen LogP contribution in [0.25, 0.3) is 11.1 Å². The molecule has 2 aromatic carbocycles. The van der Waals surface area contributed by atoms with Crippen molar-refractivity contribution >= 4 is 18.0 Å². The highest BCUT2D eigenvalue weighted by Gasteiger charge is 2.40. The number of carbonyl (C=O) groups is 3. The van der Waals surface area contributed by atoms with E-state index in [4.69, 9.17) is 9.47 Å². The molecule has 0 radical (unpaired) electrons.